The van der Waals surface area contributed by atoms with Crippen LogP contribution < -0.4 is 10.7 Å². The molecule has 0 bridgehead atoms. The number of aromatic nitrogens is 2. The third-order valence-corrected chi connectivity index (χ3v) is 6.81. The molecule has 0 aromatic carbocycles. The molecule has 1 aliphatic rings. The third-order valence-electron chi connectivity index (χ3n) is 4.68. The Morgan fingerprint density at radius 1 is 1.22 bits per heavy atom. The van der Waals surface area contributed by atoms with Gasteiger partial charge in [0.05, 0.1) is 0 Å². The van der Waals surface area contributed by atoms with Crippen molar-refractivity contribution >= 4 is 40.2 Å². The lowest BCUT2D eigenvalue weighted by molar-refractivity contribution is -0.121. The summed E-state index contributed by atoms with van der Waals surface area (Å²) in [6, 6.07) is 0. The average molecular weight is 488 g/mol. The number of amides is 2. The molecule has 0 aliphatic heterocycles. The highest BCUT2D eigenvalue weighted by molar-refractivity contribution is 7.20. The maximum Gasteiger partial charge on any atom is 0.431 e. The molecule has 1 saturated carbocycles. The summed E-state index contributed by atoms with van der Waals surface area (Å²) in [5.74, 6) is -0.522. The highest BCUT2D eigenvalue weighted by atomic mass is 32.1. The summed E-state index contributed by atoms with van der Waals surface area (Å²) in [4.78, 5) is 33.7. The van der Waals surface area contributed by atoms with Crippen molar-refractivity contribution in [1.82, 2.24) is 20.7 Å². The molecule has 1 aliphatic carbocycles. The van der Waals surface area contributed by atoms with Gasteiger partial charge < -0.3 is 5.32 Å². The Labute approximate surface area is 191 Å². The summed E-state index contributed by atoms with van der Waals surface area (Å²) >= 11 is 2.93. The number of unbranched alkanes of at least 4 members (excludes halogenated alkanes) is 1. The van der Waals surface area contributed by atoms with Crippen LogP contribution in [-0.4, -0.2) is 40.2 Å². The minimum Gasteiger partial charge on any atom is -0.351 e. The van der Waals surface area contributed by atoms with Crippen LogP contribution in [0, 0.1) is 0 Å². The lowest BCUT2D eigenvalue weighted by Crippen LogP contribution is -2.29. The van der Waals surface area contributed by atoms with Gasteiger partial charge in [-0.2, -0.15) is 18.3 Å². The fourth-order valence-corrected chi connectivity index (χ4v) is 4.83. The number of nitrogens with one attached hydrogen (secondary N) is 2. The van der Waals surface area contributed by atoms with Crippen LogP contribution >= 0.6 is 22.7 Å². The molecule has 174 valence electrons. The minimum absolute atomic E-state index is 0.115. The van der Waals surface area contributed by atoms with Gasteiger partial charge in [0.2, 0.25) is 5.91 Å². The molecule has 0 atom stereocenters. The standard InChI is InChI=1S/C20H24F3N5O2S2/c1-2-5-14(29)28-27-13(20(21,22)23)6-3-4-9-24-17(30)15-16(12-7-8-12)32-19(26-15)18-25-10-11-31-18/h10-12H,2-9H2,1H3,(H,24,30)(H,28,29)/b27-13-. The maximum atomic E-state index is 13.1. The van der Waals surface area contributed by atoms with E-state index >= 15 is 0 Å². The number of alkyl halides is 3. The summed E-state index contributed by atoms with van der Waals surface area (Å²) in [6.45, 7) is 1.97. The lowest BCUT2D eigenvalue weighted by atomic mass is 10.1. The van der Waals surface area contributed by atoms with Gasteiger partial charge in [-0.3, -0.25) is 9.59 Å². The van der Waals surface area contributed by atoms with Gasteiger partial charge in [-0.15, -0.1) is 22.7 Å². The molecule has 0 spiro atoms. The number of carbonyl (C=O) groups is 2. The van der Waals surface area contributed by atoms with Crippen molar-refractivity contribution in [3.8, 4) is 10.0 Å². The summed E-state index contributed by atoms with van der Waals surface area (Å²) < 4.78 is 39.3. The number of hydrogen-bond acceptors (Lipinski definition) is 7. The maximum absolute atomic E-state index is 13.1. The molecule has 12 heteroatoms. The number of rotatable bonds is 11. The van der Waals surface area contributed by atoms with Gasteiger partial charge in [0.15, 0.2) is 10.0 Å². The second-order valence-electron chi connectivity index (χ2n) is 7.40. The van der Waals surface area contributed by atoms with Crippen LogP contribution in [0.2, 0.25) is 0 Å². The summed E-state index contributed by atoms with van der Waals surface area (Å²) in [6.07, 6.45) is -0.0859. The number of hydrogen-bond donors (Lipinski definition) is 2. The van der Waals surface area contributed by atoms with E-state index in [4.69, 9.17) is 0 Å². The molecule has 0 saturated heterocycles. The van der Waals surface area contributed by atoms with Gasteiger partial charge in [-0.05, 0) is 44.4 Å². The monoisotopic (exact) mass is 487 g/mol. The first-order valence-corrected chi connectivity index (χ1v) is 12.1. The highest BCUT2D eigenvalue weighted by Crippen LogP contribution is 2.46. The Bertz CT molecular complexity index is 953. The second-order valence-corrected chi connectivity index (χ2v) is 9.32. The highest BCUT2D eigenvalue weighted by Gasteiger charge is 2.35. The van der Waals surface area contributed by atoms with E-state index in [1.165, 1.54) is 22.7 Å². The Morgan fingerprint density at radius 2 is 2.00 bits per heavy atom. The van der Waals surface area contributed by atoms with E-state index in [-0.39, 0.29) is 31.7 Å². The summed E-state index contributed by atoms with van der Waals surface area (Å²) in [5, 5.41) is 9.33. The molecular formula is C20H24F3N5O2S2. The van der Waals surface area contributed by atoms with E-state index in [1.807, 2.05) is 10.8 Å². The summed E-state index contributed by atoms with van der Waals surface area (Å²) in [5.41, 5.74) is 1.31. The predicted molar refractivity (Wildman–Crippen MR) is 118 cm³/mol. The molecule has 3 rings (SSSR count). The zero-order chi connectivity index (χ0) is 23.1. The normalized spacial score (nSPS) is 14.4. The van der Waals surface area contributed by atoms with Gasteiger partial charge in [0, 0.05) is 29.4 Å². The van der Waals surface area contributed by atoms with Gasteiger partial charge >= 0.3 is 6.18 Å². The molecule has 2 aromatic rings. The molecule has 0 radical (unpaired) electrons. The Hall–Kier alpha value is -2.34. The number of nitrogens with zero attached hydrogens (tertiary/aromatic N) is 3. The smallest absolute Gasteiger partial charge is 0.351 e. The second kappa shape index (κ2) is 11.0. The van der Waals surface area contributed by atoms with Crippen LogP contribution in [0.5, 0.6) is 0 Å². The number of thiazole rings is 2. The van der Waals surface area contributed by atoms with Crippen molar-refractivity contribution < 1.29 is 22.8 Å². The van der Waals surface area contributed by atoms with E-state index in [9.17, 15) is 22.8 Å². The third kappa shape index (κ3) is 6.83. The first-order valence-electron chi connectivity index (χ1n) is 10.4. The van der Waals surface area contributed by atoms with Crippen molar-refractivity contribution in [2.45, 2.75) is 64.0 Å². The summed E-state index contributed by atoms with van der Waals surface area (Å²) in [7, 11) is 0. The lowest BCUT2D eigenvalue weighted by Gasteiger charge is -2.11. The van der Waals surface area contributed by atoms with Crippen LogP contribution in [0.4, 0.5) is 13.2 Å². The van der Waals surface area contributed by atoms with E-state index in [2.05, 4.69) is 20.4 Å². The first-order chi connectivity index (χ1) is 15.3. The van der Waals surface area contributed by atoms with Gasteiger partial charge in [-0.1, -0.05) is 6.92 Å². The van der Waals surface area contributed by atoms with Crippen molar-refractivity contribution in [1.29, 1.82) is 0 Å². The van der Waals surface area contributed by atoms with Crippen molar-refractivity contribution in [2.24, 2.45) is 5.10 Å². The molecule has 0 unspecified atom stereocenters. The molecule has 2 N–H and O–H groups in total. The zero-order valence-corrected chi connectivity index (χ0v) is 19.1. The molecule has 7 nitrogen and oxygen atoms in total. The molecule has 2 heterocycles. The van der Waals surface area contributed by atoms with Crippen LogP contribution in [0.1, 0.15) is 73.2 Å². The fraction of sp³-hybridized carbons (Fsp3) is 0.550. The molecule has 2 amide bonds. The van der Waals surface area contributed by atoms with E-state index in [0.29, 0.717) is 29.5 Å². The van der Waals surface area contributed by atoms with Crippen molar-refractivity contribution in [2.75, 3.05) is 6.54 Å². The predicted octanol–water partition coefficient (Wildman–Crippen LogP) is 4.88. The van der Waals surface area contributed by atoms with E-state index in [1.54, 1.807) is 13.1 Å². The fourth-order valence-electron chi connectivity index (χ4n) is 2.91. The Balaban J connectivity index is 1.50. The SMILES string of the molecule is CCCC(=O)N/N=C(/CCCCNC(=O)c1nc(-c2nccs2)sc1C1CC1)C(F)(F)F. The average Bonchev–Trinajstić information content (AvgIpc) is 3.25. The molecule has 1 fully saturated rings. The Kier molecular flexibility index (Phi) is 8.35. The van der Waals surface area contributed by atoms with Crippen molar-refractivity contribution in [3.05, 3.63) is 22.1 Å². The van der Waals surface area contributed by atoms with Crippen LogP contribution in [-0.2, 0) is 4.79 Å². The zero-order valence-electron chi connectivity index (χ0n) is 17.5. The number of halogens is 3. The number of carbonyl (C=O) groups excluding carboxylic acids is 2. The molecular weight excluding hydrogens is 463 g/mol. The van der Waals surface area contributed by atoms with Gasteiger partial charge in [-0.25, -0.2) is 15.4 Å². The quantitative estimate of drug-likeness (QED) is 0.268. The largest absolute Gasteiger partial charge is 0.431 e. The topological polar surface area (TPSA) is 96.3 Å². The minimum atomic E-state index is -4.62. The van der Waals surface area contributed by atoms with Crippen LogP contribution in [0.25, 0.3) is 10.0 Å². The first kappa shape index (κ1) is 24.3. The Morgan fingerprint density at radius 3 is 2.62 bits per heavy atom. The van der Waals surface area contributed by atoms with Crippen LogP contribution in [0.15, 0.2) is 16.7 Å². The van der Waals surface area contributed by atoms with Crippen molar-refractivity contribution in [3.63, 3.8) is 0 Å². The molecule has 32 heavy (non-hydrogen) atoms. The van der Waals surface area contributed by atoms with Gasteiger partial charge in [0.1, 0.15) is 11.4 Å². The van der Waals surface area contributed by atoms with Gasteiger partial charge in [0.25, 0.3) is 5.91 Å². The van der Waals surface area contributed by atoms with E-state index in [0.717, 1.165) is 22.7 Å². The van der Waals surface area contributed by atoms with Crippen LogP contribution in [0.3, 0.4) is 0 Å². The number of hydrazone groups is 1. The molecule has 2 aromatic heterocycles. The van der Waals surface area contributed by atoms with E-state index < -0.39 is 17.8 Å².